The van der Waals surface area contributed by atoms with Crippen LogP contribution >= 0.6 is 0 Å². The number of rotatable bonds is 3. The molecular weight excluding hydrogens is 243 g/mol. The summed E-state index contributed by atoms with van der Waals surface area (Å²) in [5, 5.41) is 3.22. The monoisotopic (exact) mass is 258 g/mol. The van der Waals surface area contributed by atoms with Gasteiger partial charge >= 0.3 is 0 Å². The van der Waals surface area contributed by atoms with Crippen molar-refractivity contribution in [3.05, 3.63) is 53.3 Å². The van der Waals surface area contributed by atoms with Crippen molar-refractivity contribution in [2.75, 3.05) is 17.7 Å². The van der Waals surface area contributed by atoms with Gasteiger partial charge in [0.2, 0.25) is 0 Å². The van der Waals surface area contributed by atoms with Crippen LogP contribution in [0.1, 0.15) is 11.1 Å². The van der Waals surface area contributed by atoms with E-state index in [1.807, 2.05) is 12.1 Å². The summed E-state index contributed by atoms with van der Waals surface area (Å²) in [5.74, 6) is 0.655. The second-order valence-corrected chi connectivity index (χ2v) is 4.63. The highest BCUT2D eigenvalue weighted by Crippen LogP contribution is 2.26. The average Bonchev–Trinajstić information content (AvgIpc) is 2.85. The second kappa shape index (κ2) is 4.80. The van der Waals surface area contributed by atoms with Crippen LogP contribution in [0.15, 0.2) is 36.4 Å². The largest absolute Gasteiger partial charge is 0.493 e. The molecule has 0 bridgehead atoms. The summed E-state index contributed by atoms with van der Waals surface area (Å²) in [6.07, 6.45) is 0.960. The lowest BCUT2D eigenvalue weighted by atomic mass is 10.1. The minimum absolute atomic E-state index is 0.322. The molecule has 98 valence electrons. The maximum Gasteiger partial charge on any atom is 0.125 e. The Hall–Kier alpha value is -2.23. The Labute approximate surface area is 111 Å². The summed E-state index contributed by atoms with van der Waals surface area (Å²) < 4.78 is 18.4. The SMILES string of the molecule is Nc1cc(F)ccc1NCc1ccc2c(c1)CCO2. The van der Waals surface area contributed by atoms with E-state index in [0.717, 1.165) is 30.0 Å². The highest BCUT2D eigenvalue weighted by Gasteiger charge is 2.11. The fraction of sp³-hybridized carbons (Fsp3) is 0.200. The van der Waals surface area contributed by atoms with Gasteiger partial charge in [-0.2, -0.15) is 0 Å². The summed E-state index contributed by atoms with van der Waals surface area (Å²) in [6.45, 7) is 1.42. The van der Waals surface area contributed by atoms with Crippen LogP contribution in [0.5, 0.6) is 5.75 Å². The van der Waals surface area contributed by atoms with E-state index < -0.39 is 0 Å². The first-order chi connectivity index (χ1) is 9.22. The van der Waals surface area contributed by atoms with E-state index in [-0.39, 0.29) is 5.82 Å². The van der Waals surface area contributed by atoms with Crippen molar-refractivity contribution in [3.8, 4) is 5.75 Å². The summed E-state index contributed by atoms with van der Waals surface area (Å²) in [6, 6.07) is 10.5. The topological polar surface area (TPSA) is 47.3 Å². The Balaban J connectivity index is 1.72. The van der Waals surface area contributed by atoms with E-state index in [2.05, 4.69) is 11.4 Å². The van der Waals surface area contributed by atoms with Gasteiger partial charge in [0.15, 0.2) is 0 Å². The summed E-state index contributed by atoms with van der Waals surface area (Å²) in [5.41, 5.74) is 9.32. The molecule has 0 radical (unpaired) electrons. The lowest BCUT2D eigenvalue weighted by Crippen LogP contribution is -2.03. The minimum atomic E-state index is -0.322. The highest BCUT2D eigenvalue weighted by molar-refractivity contribution is 5.66. The molecule has 3 rings (SSSR count). The van der Waals surface area contributed by atoms with Crippen LogP contribution < -0.4 is 15.8 Å². The zero-order chi connectivity index (χ0) is 13.2. The minimum Gasteiger partial charge on any atom is -0.493 e. The number of hydrogen-bond donors (Lipinski definition) is 2. The van der Waals surface area contributed by atoms with Gasteiger partial charge in [-0.1, -0.05) is 12.1 Å². The summed E-state index contributed by atoms with van der Waals surface area (Å²) in [7, 11) is 0. The molecule has 0 unspecified atom stereocenters. The van der Waals surface area contributed by atoms with Crippen LogP contribution in [-0.2, 0) is 13.0 Å². The number of benzene rings is 2. The van der Waals surface area contributed by atoms with Gasteiger partial charge in [0, 0.05) is 13.0 Å². The smallest absolute Gasteiger partial charge is 0.125 e. The Kier molecular flexibility index (Phi) is 2.99. The lowest BCUT2D eigenvalue weighted by molar-refractivity contribution is 0.357. The molecular formula is C15H15FN2O. The number of anilines is 2. The fourth-order valence-electron chi connectivity index (χ4n) is 2.24. The van der Waals surface area contributed by atoms with Crippen molar-refractivity contribution in [1.82, 2.24) is 0 Å². The van der Waals surface area contributed by atoms with Crippen molar-refractivity contribution in [3.63, 3.8) is 0 Å². The van der Waals surface area contributed by atoms with E-state index >= 15 is 0 Å². The van der Waals surface area contributed by atoms with E-state index in [4.69, 9.17) is 10.5 Å². The number of fused-ring (bicyclic) bond motifs is 1. The van der Waals surface area contributed by atoms with Crippen molar-refractivity contribution < 1.29 is 9.13 Å². The van der Waals surface area contributed by atoms with Gasteiger partial charge in [0.1, 0.15) is 11.6 Å². The number of nitrogens with one attached hydrogen (secondary N) is 1. The van der Waals surface area contributed by atoms with Crippen molar-refractivity contribution in [2.24, 2.45) is 0 Å². The number of nitrogens with two attached hydrogens (primary N) is 1. The Morgan fingerprint density at radius 1 is 1.21 bits per heavy atom. The molecule has 0 saturated carbocycles. The molecule has 1 aliphatic rings. The molecule has 0 fully saturated rings. The zero-order valence-electron chi connectivity index (χ0n) is 10.4. The molecule has 3 nitrogen and oxygen atoms in total. The first-order valence-electron chi connectivity index (χ1n) is 6.26. The molecule has 0 amide bonds. The molecule has 1 heterocycles. The third-order valence-corrected chi connectivity index (χ3v) is 3.25. The molecule has 2 aromatic rings. The van der Waals surface area contributed by atoms with Crippen LogP contribution in [0, 0.1) is 5.82 Å². The maximum absolute atomic E-state index is 12.9. The molecule has 2 aromatic carbocycles. The number of nitrogen functional groups attached to an aromatic ring is 1. The van der Waals surface area contributed by atoms with Crippen molar-refractivity contribution in [1.29, 1.82) is 0 Å². The third-order valence-electron chi connectivity index (χ3n) is 3.25. The predicted molar refractivity (Wildman–Crippen MR) is 73.8 cm³/mol. The number of hydrogen-bond acceptors (Lipinski definition) is 3. The summed E-state index contributed by atoms with van der Waals surface area (Å²) in [4.78, 5) is 0. The predicted octanol–water partition coefficient (Wildman–Crippen LogP) is 2.95. The van der Waals surface area contributed by atoms with Crippen LogP contribution in [-0.4, -0.2) is 6.61 Å². The van der Waals surface area contributed by atoms with Gasteiger partial charge in [-0.15, -0.1) is 0 Å². The van der Waals surface area contributed by atoms with Crippen LogP contribution in [0.25, 0.3) is 0 Å². The Morgan fingerprint density at radius 3 is 2.95 bits per heavy atom. The van der Waals surface area contributed by atoms with Crippen LogP contribution in [0.3, 0.4) is 0 Å². The molecule has 19 heavy (non-hydrogen) atoms. The lowest BCUT2D eigenvalue weighted by Gasteiger charge is -2.10. The van der Waals surface area contributed by atoms with Gasteiger partial charge < -0.3 is 15.8 Å². The molecule has 1 aliphatic heterocycles. The van der Waals surface area contributed by atoms with Crippen molar-refractivity contribution in [2.45, 2.75) is 13.0 Å². The van der Waals surface area contributed by atoms with Gasteiger partial charge in [0.05, 0.1) is 18.0 Å². The first-order valence-corrected chi connectivity index (χ1v) is 6.26. The van der Waals surface area contributed by atoms with E-state index in [0.29, 0.717) is 12.2 Å². The van der Waals surface area contributed by atoms with Gasteiger partial charge in [-0.3, -0.25) is 0 Å². The third kappa shape index (κ3) is 2.47. The van der Waals surface area contributed by atoms with Gasteiger partial charge in [-0.25, -0.2) is 4.39 Å². The molecule has 4 heteroatoms. The standard InChI is InChI=1S/C15H15FN2O/c16-12-2-3-14(13(17)8-12)18-9-10-1-4-15-11(7-10)5-6-19-15/h1-4,7-8,18H,5-6,9,17H2. The zero-order valence-corrected chi connectivity index (χ0v) is 10.4. The first kappa shape index (κ1) is 11.8. The molecule has 0 atom stereocenters. The quantitative estimate of drug-likeness (QED) is 0.832. The highest BCUT2D eigenvalue weighted by atomic mass is 19.1. The second-order valence-electron chi connectivity index (χ2n) is 4.63. The van der Waals surface area contributed by atoms with Crippen molar-refractivity contribution >= 4 is 11.4 Å². The van der Waals surface area contributed by atoms with Gasteiger partial charge in [-0.05, 0) is 35.4 Å². The van der Waals surface area contributed by atoms with Gasteiger partial charge in [0.25, 0.3) is 0 Å². The van der Waals surface area contributed by atoms with E-state index in [9.17, 15) is 4.39 Å². The molecule has 0 saturated heterocycles. The van der Waals surface area contributed by atoms with E-state index in [1.54, 1.807) is 6.07 Å². The van der Waals surface area contributed by atoms with Crippen LogP contribution in [0.2, 0.25) is 0 Å². The molecule has 0 spiro atoms. The fourth-order valence-corrected chi connectivity index (χ4v) is 2.24. The van der Waals surface area contributed by atoms with E-state index in [1.165, 1.54) is 17.7 Å². The Bertz CT molecular complexity index is 613. The Morgan fingerprint density at radius 2 is 2.11 bits per heavy atom. The number of ether oxygens (including phenoxy) is 1. The summed E-state index contributed by atoms with van der Waals surface area (Å²) >= 11 is 0. The average molecular weight is 258 g/mol. The number of halogens is 1. The normalized spacial score (nSPS) is 12.9. The van der Waals surface area contributed by atoms with Crippen LogP contribution in [0.4, 0.5) is 15.8 Å². The molecule has 0 aromatic heterocycles. The molecule has 0 aliphatic carbocycles. The molecule has 3 N–H and O–H groups in total. The maximum atomic E-state index is 12.9.